The smallest absolute Gasteiger partial charge is 0.449 e. The van der Waals surface area contributed by atoms with Crippen LogP contribution in [0.4, 0.5) is 13.2 Å². The fraction of sp³-hybridized carbons (Fsp3) is 0.235. The maximum absolute atomic E-state index is 13.2. The zero-order chi connectivity index (χ0) is 17.2. The SMILES string of the molecule is FC(F)(F)c1nc2ccccc2n1CCCOc1ccc(Cl)cc1. The van der Waals surface area contributed by atoms with E-state index in [1.54, 1.807) is 48.5 Å². The lowest BCUT2D eigenvalue weighted by molar-refractivity contribution is -0.147. The molecule has 1 heterocycles. The number of ether oxygens (including phenoxy) is 1. The minimum Gasteiger partial charge on any atom is -0.494 e. The van der Waals surface area contributed by atoms with Crippen molar-refractivity contribution in [2.75, 3.05) is 6.61 Å². The van der Waals surface area contributed by atoms with Crippen molar-refractivity contribution in [1.29, 1.82) is 0 Å². The Hall–Kier alpha value is -2.21. The van der Waals surface area contributed by atoms with Crippen LogP contribution in [0.5, 0.6) is 5.75 Å². The fourth-order valence-corrected chi connectivity index (χ4v) is 2.59. The molecular formula is C17H14ClF3N2O. The van der Waals surface area contributed by atoms with Crippen molar-refractivity contribution >= 4 is 22.6 Å². The highest BCUT2D eigenvalue weighted by Crippen LogP contribution is 2.31. The molecule has 0 amide bonds. The standard InChI is InChI=1S/C17H14ClF3N2O/c18-12-6-8-13(9-7-12)24-11-3-10-23-15-5-2-1-4-14(15)22-16(23)17(19,20)21/h1-2,4-9H,3,10-11H2. The quantitative estimate of drug-likeness (QED) is 0.590. The first-order valence-electron chi connectivity index (χ1n) is 7.36. The molecule has 0 fully saturated rings. The van der Waals surface area contributed by atoms with Gasteiger partial charge in [-0.2, -0.15) is 13.2 Å². The topological polar surface area (TPSA) is 27.1 Å². The predicted molar refractivity (Wildman–Crippen MR) is 86.3 cm³/mol. The Morgan fingerprint density at radius 2 is 1.75 bits per heavy atom. The first-order chi connectivity index (χ1) is 11.4. The Bertz CT molecular complexity index is 828. The highest BCUT2D eigenvalue weighted by molar-refractivity contribution is 6.30. The molecule has 3 aromatic rings. The van der Waals surface area contributed by atoms with E-state index in [2.05, 4.69) is 4.98 Å². The number of imidazole rings is 1. The third-order valence-electron chi connectivity index (χ3n) is 3.52. The van der Waals surface area contributed by atoms with Gasteiger partial charge in [-0.05, 0) is 42.8 Å². The fourth-order valence-electron chi connectivity index (χ4n) is 2.46. The van der Waals surface area contributed by atoms with E-state index < -0.39 is 12.0 Å². The first-order valence-corrected chi connectivity index (χ1v) is 7.74. The summed E-state index contributed by atoms with van der Waals surface area (Å²) in [5.74, 6) is -0.249. The van der Waals surface area contributed by atoms with Crippen molar-refractivity contribution in [2.45, 2.75) is 19.1 Å². The number of alkyl halides is 3. The van der Waals surface area contributed by atoms with Gasteiger partial charge in [0, 0.05) is 11.6 Å². The largest absolute Gasteiger partial charge is 0.494 e. The molecule has 0 spiro atoms. The van der Waals surface area contributed by atoms with Crippen LogP contribution < -0.4 is 4.74 Å². The molecule has 0 aliphatic carbocycles. The van der Waals surface area contributed by atoms with Gasteiger partial charge in [0.1, 0.15) is 5.75 Å². The van der Waals surface area contributed by atoms with Crippen molar-refractivity contribution in [3.8, 4) is 5.75 Å². The molecule has 0 unspecified atom stereocenters. The summed E-state index contributed by atoms with van der Waals surface area (Å²) in [4.78, 5) is 3.71. The summed E-state index contributed by atoms with van der Waals surface area (Å²) in [6, 6.07) is 13.4. The van der Waals surface area contributed by atoms with Crippen LogP contribution in [0.25, 0.3) is 11.0 Å². The molecule has 0 bridgehead atoms. The number of halogens is 4. The molecule has 7 heteroatoms. The predicted octanol–water partition coefficient (Wildman–Crippen LogP) is 5.18. The Kier molecular flexibility index (Phi) is 4.66. The number of rotatable bonds is 5. The zero-order valence-corrected chi connectivity index (χ0v) is 13.3. The second-order valence-electron chi connectivity index (χ2n) is 5.23. The van der Waals surface area contributed by atoms with Crippen LogP contribution >= 0.6 is 11.6 Å². The number of fused-ring (bicyclic) bond motifs is 1. The molecule has 2 aromatic carbocycles. The van der Waals surface area contributed by atoms with E-state index in [9.17, 15) is 13.2 Å². The first kappa shape index (κ1) is 16.6. The molecule has 0 saturated heterocycles. The summed E-state index contributed by atoms with van der Waals surface area (Å²) in [6.45, 7) is 0.467. The van der Waals surface area contributed by atoms with Gasteiger partial charge in [-0.1, -0.05) is 23.7 Å². The summed E-state index contributed by atoms with van der Waals surface area (Å²) in [5, 5.41) is 0.599. The summed E-state index contributed by atoms with van der Waals surface area (Å²) >= 11 is 5.78. The van der Waals surface area contributed by atoms with Gasteiger partial charge in [-0.25, -0.2) is 4.98 Å². The van der Waals surface area contributed by atoms with E-state index in [1.165, 1.54) is 4.57 Å². The minimum atomic E-state index is -4.49. The highest BCUT2D eigenvalue weighted by atomic mass is 35.5. The van der Waals surface area contributed by atoms with Crippen LogP contribution in [0.1, 0.15) is 12.2 Å². The van der Waals surface area contributed by atoms with Gasteiger partial charge in [0.25, 0.3) is 0 Å². The molecule has 0 radical (unpaired) electrons. The number of aryl methyl sites for hydroxylation is 1. The molecule has 0 saturated carbocycles. The van der Waals surface area contributed by atoms with Crippen molar-refractivity contribution in [3.05, 3.63) is 59.4 Å². The number of nitrogens with zero attached hydrogens (tertiary/aromatic N) is 2. The van der Waals surface area contributed by atoms with Crippen molar-refractivity contribution < 1.29 is 17.9 Å². The van der Waals surface area contributed by atoms with Crippen LogP contribution in [-0.2, 0) is 12.7 Å². The molecule has 24 heavy (non-hydrogen) atoms. The van der Waals surface area contributed by atoms with Crippen LogP contribution in [0.2, 0.25) is 5.02 Å². The van der Waals surface area contributed by atoms with Crippen LogP contribution in [0.15, 0.2) is 48.5 Å². The molecule has 0 atom stereocenters. The number of hydrogen-bond donors (Lipinski definition) is 0. The molecule has 0 N–H and O–H groups in total. The number of benzene rings is 2. The van der Waals surface area contributed by atoms with Gasteiger partial charge in [-0.3, -0.25) is 0 Å². The van der Waals surface area contributed by atoms with E-state index in [0.29, 0.717) is 34.8 Å². The molecule has 126 valence electrons. The number of aromatic nitrogens is 2. The highest BCUT2D eigenvalue weighted by Gasteiger charge is 2.37. The molecule has 0 aliphatic rings. The lowest BCUT2D eigenvalue weighted by Gasteiger charge is -2.12. The van der Waals surface area contributed by atoms with Gasteiger partial charge in [-0.15, -0.1) is 0 Å². The third-order valence-corrected chi connectivity index (χ3v) is 3.77. The number of hydrogen-bond acceptors (Lipinski definition) is 2. The van der Waals surface area contributed by atoms with Crippen LogP contribution in [0.3, 0.4) is 0 Å². The van der Waals surface area contributed by atoms with E-state index in [0.717, 1.165) is 0 Å². The Balaban J connectivity index is 1.71. The minimum absolute atomic E-state index is 0.170. The van der Waals surface area contributed by atoms with Gasteiger partial charge in [0.05, 0.1) is 17.6 Å². The van der Waals surface area contributed by atoms with Crippen molar-refractivity contribution in [3.63, 3.8) is 0 Å². The molecule has 3 nitrogen and oxygen atoms in total. The Labute approximate surface area is 141 Å². The zero-order valence-electron chi connectivity index (χ0n) is 12.6. The van der Waals surface area contributed by atoms with E-state index in [1.807, 2.05) is 0 Å². The van der Waals surface area contributed by atoms with Gasteiger partial charge >= 0.3 is 6.18 Å². The maximum Gasteiger partial charge on any atom is 0.449 e. The molecule has 1 aromatic heterocycles. The van der Waals surface area contributed by atoms with Gasteiger partial charge < -0.3 is 9.30 Å². The maximum atomic E-state index is 13.2. The Morgan fingerprint density at radius 1 is 1.04 bits per heavy atom. The third kappa shape index (κ3) is 3.64. The molecule has 3 rings (SSSR count). The van der Waals surface area contributed by atoms with Crippen molar-refractivity contribution in [1.82, 2.24) is 9.55 Å². The average Bonchev–Trinajstić information content (AvgIpc) is 2.92. The van der Waals surface area contributed by atoms with E-state index in [4.69, 9.17) is 16.3 Å². The van der Waals surface area contributed by atoms with Gasteiger partial charge in [0.2, 0.25) is 5.82 Å². The van der Waals surface area contributed by atoms with E-state index in [-0.39, 0.29) is 6.54 Å². The molecular weight excluding hydrogens is 341 g/mol. The van der Waals surface area contributed by atoms with Gasteiger partial charge in [0.15, 0.2) is 0 Å². The second kappa shape index (κ2) is 6.73. The second-order valence-corrected chi connectivity index (χ2v) is 5.67. The number of para-hydroxylation sites is 2. The Morgan fingerprint density at radius 3 is 2.46 bits per heavy atom. The van der Waals surface area contributed by atoms with Crippen LogP contribution in [-0.4, -0.2) is 16.2 Å². The van der Waals surface area contributed by atoms with Crippen molar-refractivity contribution in [2.24, 2.45) is 0 Å². The van der Waals surface area contributed by atoms with Crippen LogP contribution in [0, 0.1) is 0 Å². The summed E-state index contributed by atoms with van der Waals surface area (Å²) in [6.07, 6.45) is -4.07. The lowest BCUT2D eigenvalue weighted by atomic mass is 10.3. The lowest BCUT2D eigenvalue weighted by Crippen LogP contribution is -2.16. The summed E-state index contributed by atoms with van der Waals surface area (Å²) in [7, 11) is 0. The summed E-state index contributed by atoms with van der Waals surface area (Å²) in [5.41, 5.74) is 0.805. The average molecular weight is 355 g/mol. The van der Waals surface area contributed by atoms with E-state index >= 15 is 0 Å². The molecule has 0 aliphatic heterocycles. The monoisotopic (exact) mass is 354 g/mol. The normalized spacial score (nSPS) is 11.8. The summed E-state index contributed by atoms with van der Waals surface area (Å²) < 4.78 is 46.2.